The van der Waals surface area contributed by atoms with Crippen molar-refractivity contribution < 1.29 is 9.47 Å². The van der Waals surface area contributed by atoms with Gasteiger partial charge in [-0.25, -0.2) is 4.98 Å². The van der Waals surface area contributed by atoms with Crippen LogP contribution in [-0.4, -0.2) is 27.0 Å². The van der Waals surface area contributed by atoms with Crippen LogP contribution in [0.5, 0.6) is 11.5 Å². The number of rotatable bonds is 10. The molecular formula is C41H42N4O3. The molecular weight excluding hydrogens is 596 g/mol. The van der Waals surface area contributed by atoms with E-state index in [1.54, 1.807) is 12.3 Å². The summed E-state index contributed by atoms with van der Waals surface area (Å²) in [5.74, 6) is 2.37. The molecule has 0 atom stereocenters. The molecule has 0 spiro atoms. The molecule has 0 saturated carbocycles. The largest absolute Gasteiger partial charge is 0.494 e. The lowest BCUT2D eigenvalue weighted by atomic mass is 9.96. The molecule has 2 heterocycles. The van der Waals surface area contributed by atoms with Crippen LogP contribution in [0.25, 0.3) is 28.0 Å². The number of benzene rings is 4. The van der Waals surface area contributed by atoms with Crippen molar-refractivity contribution in [1.29, 1.82) is 0 Å². The number of aryl methyl sites for hydroxylation is 3. The number of aromatic nitrogens is 3. The molecule has 0 N–H and O–H groups in total. The standard InChI is InChI=1S/C41H42N4O3/c1-8-47-39-21-28(5)37(23-36(39)26(2)3)40-43-38-15-10-9-14-35(38)41(46)45(40)42-24-32-22-29(6)44(30(32)7)33-16-18-34(19-17-33)48-25-31-13-11-12-27(4)20-31/h9-24,26H,8,25H2,1-7H3. The van der Waals surface area contributed by atoms with Crippen molar-refractivity contribution in [3.8, 4) is 28.6 Å². The summed E-state index contributed by atoms with van der Waals surface area (Å²) >= 11 is 0. The van der Waals surface area contributed by atoms with Gasteiger partial charge in [0, 0.05) is 28.2 Å². The van der Waals surface area contributed by atoms with Crippen molar-refractivity contribution in [1.82, 2.24) is 14.2 Å². The Balaban J connectivity index is 1.36. The van der Waals surface area contributed by atoms with Crippen LogP contribution in [0, 0.1) is 27.7 Å². The Kier molecular flexibility index (Phi) is 9.30. The van der Waals surface area contributed by atoms with E-state index in [1.165, 1.54) is 10.2 Å². The molecule has 0 aliphatic carbocycles. The Labute approximate surface area is 282 Å². The highest BCUT2D eigenvalue weighted by atomic mass is 16.5. The van der Waals surface area contributed by atoms with E-state index in [0.717, 1.165) is 56.4 Å². The first-order valence-electron chi connectivity index (χ1n) is 16.5. The molecule has 6 aromatic rings. The zero-order chi connectivity index (χ0) is 33.9. The Morgan fingerprint density at radius 2 is 1.65 bits per heavy atom. The van der Waals surface area contributed by atoms with Gasteiger partial charge in [0.15, 0.2) is 5.82 Å². The van der Waals surface area contributed by atoms with Crippen LogP contribution in [0.4, 0.5) is 0 Å². The number of nitrogens with zero attached hydrogens (tertiary/aromatic N) is 4. The monoisotopic (exact) mass is 638 g/mol. The Bertz CT molecular complexity index is 2190. The summed E-state index contributed by atoms with van der Waals surface area (Å²) in [6.45, 7) is 15.6. The first-order chi connectivity index (χ1) is 23.1. The van der Waals surface area contributed by atoms with Crippen molar-refractivity contribution in [3.63, 3.8) is 0 Å². The summed E-state index contributed by atoms with van der Waals surface area (Å²) in [5.41, 5.74) is 9.61. The van der Waals surface area contributed by atoms with Crippen molar-refractivity contribution >= 4 is 17.1 Å². The Hall–Kier alpha value is -5.43. The second-order valence-corrected chi connectivity index (χ2v) is 12.5. The minimum atomic E-state index is -0.221. The van der Waals surface area contributed by atoms with Crippen molar-refractivity contribution in [3.05, 3.63) is 141 Å². The molecule has 4 aromatic carbocycles. The maximum Gasteiger partial charge on any atom is 0.282 e. The lowest BCUT2D eigenvalue weighted by Gasteiger charge is -2.18. The van der Waals surface area contributed by atoms with Crippen LogP contribution >= 0.6 is 0 Å². The average Bonchev–Trinajstić information content (AvgIpc) is 3.35. The molecule has 0 aliphatic rings. The topological polar surface area (TPSA) is 70.6 Å². The zero-order valence-electron chi connectivity index (χ0n) is 28.7. The molecule has 0 fully saturated rings. The molecule has 0 radical (unpaired) electrons. The summed E-state index contributed by atoms with van der Waals surface area (Å²) in [6, 6.07) is 30.1. The zero-order valence-corrected chi connectivity index (χ0v) is 28.7. The van der Waals surface area contributed by atoms with E-state index in [9.17, 15) is 4.79 Å². The third-order valence-electron chi connectivity index (χ3n) is 8.64. The highest BCUT2D eigenvalue weighted by Gasteiger charge is 2.19. The van der Waals surface area contributed by atoms with Gasteiger partial charge in [0.05, 0.1) is 23.7 Å². The molecule has 0 saturated heterocycles. The second kappa shape index (κ2) is 13.7. The van der Waals surface area contributed by atoms with Gasteiger partial charge < -0.3 is 14.0 Å². The first kappa shape index (κ1) is 32.5. The minimum absolute atomic E-state index is 0.217. The van der Waals surface area contributed by atoms with Gasteiger partial charge in [0.25, 0.3) is 5.56 Å². The number of hydrogen-bond donors (Lipinski definition) is 0. The second-order valence-electron chi connectivity index (χ2n) is 12.5. The number of fused-ring (bicyclic) bond motifs is 1. The van der Waals surface area contributed by atoms with Gasteiger partial charge in [0.2, 0.25) is 0 Å². The lowest BCUT2D eigenvalue weighted by molar-refractivity contribution is 0.306. The fraction of sp³-hybridized carbons (Fsp3) is 0.244. The maximum atomic E-state index is 14.0. The summed E-state index contributed by atoms with van der Waals surface area (Å²) in [4.78, 5) is 19.0. The number of ether oxygens (including phenoxy) is 2. The van der Waals surface area contributed by atoms with Gasteiger partial charge in [-0.3, -0.25) is 4.79 Å². The quantitative estimate of drug-likeness (QED) is 0.140. The third kappa shape index (κ3) is 6.54. The van der Waals surface area contributed by atoms with Crippen LogP contribution in [0.2, 0.25) is 0 Å². The first-order valence-corrected chi connectivity index (χ1v) is 16.5. The normalized spacial score (nSPS) is 11.6. The van der Waals surface area contributed by atoms with Gasteiger partial charge in [-0.15, -0.1) is 0 Å². The molecule has 48 heavy (non-hydrogen) atoms. The van der Waals surface area contributed by atoms with Crippen molar-refractivity contribution in [2.45, 2.75) is 61.0 Å². The Morgan fingerprint density at radius 3 is 2.38 bits per heavy atom. The van der Waals surface area contributed by atoms with E-state index in [2.05, 4.69) is 81.7 Å². The van der Waals surface area contributed by atoms with Gasteiger partial charge in [-0.1, -0.05) is 55.8 Å². The van der Waals surface area contributed by atoms with Crippen molar-refractivity contribution in [2.75, 3.05) is 6.61 Å². The van der Waals surface area contributed by atoms with Gasteiger partial charge in [-0.2, -0.15) is 9.78 Å². The molecule has 0 unspecified atom stereocenters. The molecule has 2 aromatic heterocycles. The summed E-state index contributed by atoms with van der Waals surface area (Å²) < 4.78 is 15.6. The fourth-order valence-electron chi connectivity index (χ4n) is 6.17. The van der Waals surface area contributed by atoms with Gasteiger partial charge in [0.1, 0.15) is 18.1 Å². The molecule has 0 aliphatic heterocycles. The van der Waals surface area contributed by atoms with E-state index in [-0.39, 0.29) is 11.5 Å². The third-order valence-corrected chi connectivity index (χ3v) is 8.64. The van der Waals surface area contributed by atoms with E-state index < -0.39 is 0 Å². The minimum Gasteiger partial charge on any atom is -0.494 e. The van der Waals surface area contributed by atoms with E-state index in [0.29, 0.717) is 29.9 Å². The average molecular weight is 639 g/mol. The number of hydrogen-bond acceptors (Lipinski definition) is 5. The summed E-state index contributed by atoms with van der Waals surface area (Å²) in [6.07, 6.45) is 1.76. The maximum absolute atomic E-state index is 14.0. The highest BCUT2D eigenvalue weighted by Crippen LogP contribution is 2.34. The molecule has 6 rings (SSSR count). The van der Waals surface area contributed by atoms with Crippen LogP contribution in [-0.2, 0) is 6.61 Å². The smallest absolute Gasteiger partial charge is 0.282 e. The number of para-hydroxylation sites is 1. The van der Waals surface area contributed by atoms with E-state index in [4.69, 9.17) is 19.6 Å². The van der Waals surface area contributed by atoms with Crippen LogP contribution in [0.1, 0.15) is 65.9 Å². The molecule has 0 amide bonds. The van der Waals surface area contributed by atoms with Crippen LogP contribution < -0.4 is 15.0 Å². The van der Waals surface area contributed by atoms with E-state index >= 15 is 0 Å². The SMILES string of the molecule is CCOc1cc(C)c(-c2nc3ccccc3c(=O)n2N=Cc2cc(C)n(-c3ccc(OCc4cccc(C)c4)cc3)c2C)cc1C(C)C. The summed E-state index contributed by atoms with van der Waals surface area (Å²) in [7, 11) is 0. The van der Waals surface area contributed by atoms with Crippen LogP contribution in [0.15, 0.2) is 101 Å². The summed E-state index contributed by atoms with van der Waals surface area (Å²) in [5, 5.41) is 5.33. The fourth-order valence-corrected chi connectivity index (χ4v) is 6.17. The predicted molar refractivity (Wildman–Crippen MR) is 195 cm³/mol. The van der Waals surface area contributed by atoms with Gasteiger partial charge >= 0.3 is 0 Å². The van der Waals surface area contributed by atoms with Crippen molar-refractivity contribution in [2.24, 2.45) is 5.10 Å². The Morgan fingerprint density at radius 1 is 0.875 bits per heavy atom. The van der Waals surface area contributed by atoms with Crippen LogP contribution in [0.3, 0.4) is 0 Å². The molecule has 7 nitrogen and oxygen atoms in total. The molecule has 0 bridgehead atoms. The highest BCUT2D eigenvalue weighted by molar-refractivity contribution is 5.84. The lowest BCUT2D eigenvalue weighted by Crippen LogP contribution is -2.21. The van der Waals surface area contributed by atoms with E-state index in [1.807, 2.05) is 56.3 Å². The van der Waals surface area contributed by atoms with Gasteiger partial charge in [-0.05, 0) is 112 Å². The predicted octanol–water partition coefficient (Wildman–Crippen LogP) is 9.07. The molecule has 7 heteroatoms. The molecule has 244 valence electrons.